The lowest BCUT2D eigenvalue weighted by atomic mass is 9.98. The highest BCUT2D eigenvalue weighted by atomic mass is 16.6. The number of benzene rings is 3. The number of aromatic nitrogens is 1. The number of allylic oxidation sites excluding steroid dienone is 4. The minimum Gasteiger partial charge on any atom is -0.309 e. The van der Waals surface area contributed by atoms with Crippen LogP contribution >= 0.6 is 0 Å². The molecule has 0 radical (unpaired) electrons. The molecule has 0 bridgehead atoms. The van der Waals surface area contributed by atoms with E-state index in [-0.39, 0.29) is 0 Å². The fraction of sp³-hybridized carbons (Fsp3) is 0.0370. The molecule has 4 aromatic rings. The van der Waals surface area contributed by atoms with Crippen LogP contribution in [0.5, 0.6) is 0 Å². The molecule has 0 unspecified atom stereocenters. The number of nitro benzene ring substituents is 1. The molecule has 1 aromatic heterocycles. The molecule has 0 aliphatic rings. The molecule has 178 valence electrons. The summed E-state index contributed by atoms with van der Waals surface area (Å²) in [6, 6.07) is 19.1. The summed E-state index contributed by atoms with van der Waals surface area (Å²) in [5.74, 6) is -2.47. The zero-order valence-electron chi connectivity index (χ0n) is 19.1. The third-order valence-electron chi connectivity index (χ3n) is 5.71. The quantitative estimate of drug-likeness (QED) is 0.0789. The summed E-state index contributed by atoms with van der Waals surface area (Å²) in [5, 5.41) is 25.2. The molecule has 0 aliphatic carbocycles. The highest BCUT2D eigenvalue weighted by Gasteiger charge is 2.31. The molecule has 0 aliphatic heterocycles. The molecule has 9 heteroatoms. The average Bonchev–Trinajstić information content (AvgIpc) is 3.21. The van der Waals surface area contributed by atoms with Crippen molar-refractivity contribution in [3.63, 3.8) is 0 Å². The van der Waals surface area contributed by atoms with E-state index in [1.807, 2.05) is 53.1 Å². The van der Waals surface area contributed by atoms with Crippen LogP contribution in [-0.4, -0.2) is 26.0 Å². The van der Waals surface area contributed by atoms with Crippen LogP contribution in [0.25, 0.3) is 27.5 Å². The van der Waals surface area contributed by atoms with Crippen LogP contribution in [0.2, 0.25) is 0 Å². The number of ketones is 2. The lowest BCUT2D eigenvalue weighted by Gasteiger charge is -2.10. The zero-order chi connectivity index (χ0) is 26.0. The fourth-order valence-electron chi connectivity index (χ4n) is 4.17. The number of para-hydroxylation sites is 2. The Bertz CT molecular complexity index is 1610. The molecule has 4 rings (SSSR count). The first-order valence-corrected chi connectivity index (χ1v) is 10.8. The first-order chi connectivity index (χ1) is 17.3. The van der Waals surface area contributed by atoms with Crippen molar-refractivity contribution in [3.8, 4) is 5.69 Å². The van der Waals surface area contributed by atoms with Gasteiger partial charge in [-0.15, -0.1) is 0 Å². The molecular weight excluding hydrogens is 462 g/mol. The Morgan fingerprint density at radius 3 is 2.00 bits per heavy atom. The molecule has 0 saturated heterocycles. The summed E-state index contributed by atoms with van der Waals surface area (Å²) >= 11 is 0. The Morgan fingerprint density at radius 1 is 0.917 bits per heavy atom. The topological polar surface area (TPSA) is 125 Å². The van der Waals surface area contributed by atoms with Crippen molar-refractivity contribution in [1.29, 1.82) is 0 Å². The molecule has 1 heterocycles. The van der Waals surface area contributed by atoms with Gasteiger partial charge in [-0.2, -0.15) is 0 Å². The lowest BCUT2D eigenvalue weighted by molar-refractivity contribution is -0.419. The Balaban J connectivity index is 1.91. The lowest BCUT2D eigenvalue weighted by Crippen LogP contribution is -2.20. The molecule has 9 nitrogen and oxygen atoms in total. The van der Waals surface area contributed by atoms with Gasteiger partial charge >= 0.3 is 0 Å². The van der Waals surface area contributed by atoms with E-state index in [1.54, 1.807) is 0 Å². The summed E-state index contributed by atoms with van der Waals surface area (Å²) < 4.78 is 1.83. The van der Waals surface area contributed by atoms with Crippen LogP contribution < -0.4 is 0 Å². The van der Waals surface area contributed by atoms with Crippen LogP contribution in [0.15, 0.2) is 103 Å². The SMILES string of the molecule is C=C/C(=C(\C=C/C)C(=O)C(=O)c1ccc(-n2c3ccccc3c3ccccc32)cc1[N+](=O)[O-])[N+](=O)[O-]. The molecule has 0 spiro atoms. The van der Waals surface area contributed by atoms with E-state index >= 15 is 0 Å². The monoisotopic (exact) mass is 481 g/mol. The number of hydrogen-bond donors (Lipinski definition) is 0. The third kappa shape index (κ3) is 3.98. The van der Waals surface area contributed by atoms with Gasteiger partial charge in [0.2, 0.25) is 11.6 Å². The van der Waals surface area contributed by atoms with Gasteiger partial charge in [-0.25, -0.2) is 0 Å². The maximum absolute atomic E-state index is 13.1. The number of carbonyl (C=O) groups excluding carboxylic acids is 2. The van der Waals surface area contributed by atoms with Gasteiger partial charge < -0.3 is 4.57 Å². The highest BCUT2D eigenvalue weighted by molar-refractivity contribution is 6.50. The number of nitrogens with zero attached hydrogens (tertiary/aromatic N) is 3. The van der Waals surface area contributed by atoms with Gasteiger partial charge in [0.15, 0.2) is 0 Å². The van der Waals surface area contributed by atoms with Gasteiger partial charge in [0, 0.05) is 22.9 Å². The van der Waals surface area contributed by atoms with Crippen molar-refractivity contribution < 1.29 is 19.4 Å². The van der Waals surface area contributed by atoms with Gasteiger partial charge in [-0.05, 0) is 37.3 Å². The minimum absolute atomic E-state index is 0.421. The number of carbonyl (C=O) groups is 2. The summed E-state index contributed by atoms with van der Waals surface area (Å²) in [6.07, 6.45) is 3.31. The first kappa shape index (κ1) is 24.0. The summed E-state index contributed by atoms with van der Waals surface area (Å²) in [5.41, 5.74) is -0.202. The Labute approximate surface area is 204 Å². The predicted molar refractivity (Wildman–Crippen MR) is 136 cm³/mol. The molecule has 0 fully saturated rings. The molecular formula is C27H19N3O6. The van der Waals surface area contributed by atoms with Crippen LogP contribution in [-0.2, 0) is 4.79 Å². The van der Waals surface area contributed by atoms with Crippen molar-refractivity contribution >= 4 is 39.1 Å². The molecule has 0 saturated carbocycles. The van der Waals surface area contributed by atoms with Gasteiger partial charge in [-0.1, -0.05) is 49.1 Å². The van der Waals surface area contributed by atoms with Crippen molar-refractivity contribution in [2.45, 2.75) is 6.92 Å². The van der Waals surface area contributed by atoms with Gasteiger partial charge in [0.05, 0.1) is 26.6 Å². The van der Waals surface area contributed by atoms with Crippen molar-refractivity contribution in [2.75, 3.05) is 0 Å². The van der Waals surface area contributed by atoms with Crippen LogP contribution in [0, 0.1) is 20.2 Å². The second kappa shape index (κ2) is 9.59. The number of hydrogen-bond acceptors (Lipinski definition) is 6. The minimum atomic E-state index is -1.24. The normalized spacial score (nSPS) is 12.0. The maximum atomic E-state index is 13.1. The maximum Gasteiger partial charge on any atom is 0.282 e. The number of nitro groups is 2. The summed E-state index contributed by atoms with van der Waals surface area (Å²) in [7, 11) is 0. The second-order valence-corrected chi connectivity index (χ2v) is 7.75. The van der Waals surface area contributed by atoms with Gasteiger partial charge in [0.25, 0.3) is 11.4 Å². The molecule has 0 atom stereocenters. The van der Waals surface area contributed by atoms with E-state index < -0.39 is 43.9 Å². The van der Waals surface area contributed by atoms with Crippen LogP contribution in [0.1, 0.15) is 17.3 Å². The Morgan fingerprint density at radius 2 is 1.50 bits per heavy atom. The van der Waals surface area contributed by atoms with E-state index in [9.17, 15) is 29.8 Å². The smallest absolute Gasteiger partial charge is 0.282 e. The number of rotatable bonds is 8. The first-order valence-electron chi connectivity index (χ1n) is 10.8. The van der Waals surface area contributed by atoms with Crippen LogP contribution in [0.3, 0.4) is 0 Å². The van der Waals surface area contributed by atoms with Gasteiger partial charge in [0.1, 0.15) is 11.1 Å². The molecule has 3 aromatic carbocycles. The van der Waals surface area contributed by atoms with E-state index in [0.29, 0.717) is 5.69 Å². The standard InChI is InChI=1S/C27H19N3O6/c1-3-9-20(22(4-2)29(33)34)26(31)27(32)21-15-14-17(16-25(21)30(35)36)28-23-12-7-5-10-18(23)19-11-6-8-13-24(19)28/h3-16H,2H2,1H3/b9-3-,22-20-. The Hall–Kier alpha value is -5.18. The van der Waals surface area contributed by atoms with E-state index in [0.717, 1.165) is 34.0 Å². The summed E-state index contributed by atoms with van der Waals surface area (Å²) in [6.45, 7) is 4.84. The Kier molecular flexibility index (Phi) is 6.38. The van der Waals surface area contributed by atoms with Gasteiger partial charge in [-0.3, -0.25) is 29.8 Å². The molecule has 0 N–H and O–H groups in total. The van der Waals surface area contributed by atoms with Crippen LogP contribution in [0.4, 0.5) is 5.69 Å². The number of fused-ring (bicyclic) bond motifs is 3. The zero-order valence-corrected chi connectivity index (χ0v) is 19.1. The average molecular weight is 481 g/mol. The van der Waals surface area contributed by atoms with Crippen molar-refractivity contribution in [1.82, 2.24) is 4.57 Å². The fourth-order valence-corrected chi connectivity index (χ4v) is 4.17. The van der Waals surface area contributed by atoms with Crippen molar-refractivity contribution in [3.05, 3.63) is 129 Å². The van der Waals surface area contributed by atoms with E-state index in [4.69, 9.17) is 0 Å². The predicted octanol–water partition coefficient (Wildman–Crippen LogP) is 5.74. The molecule has 0 amide bonds. The largest absolute Gasteiger partial charge is 0.309 e. The van der Waals surface area contributed by atoms with Crippen molar-refractivity contribution in [2.24, 2.45) is 0 Å². The van der Waals surface area contributed by atoms with E-state index in [2.05, 4.69) is 6.58 Å². The van der Waals surface area contributed by atoms with E-state index in [1.165, 1.54) is 31.2 Å². The number of Topliss-reactive ketones (excluding diaryl/α,β-unsaturated/α-hetero) is 2. The summed E-state index contributed by atoms with van der Waals surface area (Å²) in [4.78, 5) is 47.7. The second-order valence-electron chi connectivity index (χ2n) is 7.75. The highest BCUT2D eigenvalue weighted by Crippen LogP contribution is 2.33. The third-order valence-corrected chi connectivity index (χ3v) is 5.71. The molecule has 36 heavy (non-hydrogen) atoms.